The first-order valence-corrected chi connectivity index (χ1v) is 9.70. The van der Waals surface area contributed by atoms with E-state index in [1.165, 1.54) is 0 Å². The zero-order valence-electron chi connectivity index (χ0n) is 17.9. The number of aryl methyl sites for hydroxylation is 1. The molecule has 0 radical (unpaired) electrons. The average molecular weight is 379 g/mol. The maximum atomic E-state index is 12.5. The van der Waals surface area contributed by atoms with E-state index in [0.29, 0.717) is 17.1 Å². The summed E-state index contributed by atoms with van der Waals surface area (Å²) >= 11 is 0. The van der Waals surface area contributed by atoms with Gasteiger partial charge < -0.3 is 9.84 Å². The van der Waals surface area contributed by atoms with Crippen molar-refractivity contribution in [1.29, 1.82) is 0 Å². The minimum Gasteiger partial charge on any atom is -0.507 e. The molecule has 0 spiro atoms. The van der Waals surface area contributed by atoms with Crippen LogP contribution in [-0.4, -0.2) is 11.1 Å². The molecule has 0 bridgehead atoms. The van der Waals surface area contributed by atoms with Crippen molar-refractivity contribution in [2.75, 3.05) is 0 Å². The summed E-state index contributed by atoms with van der Waals surface area (Å²) in [6.07, 6.45) is 0. The van der Waals surface area contributed by atoms with Gasteiger partial charge in [-0.15, -0.1) is 0 Å². The molecule has 148 valence electrons. The monoisotopic (exact) mass is 378 g/mol. The summed E-state index contributed by atoms with van der Waals surface area (Å²) in [5.41, 5.74) is 4.67. The van der Waals surface area contributed by atoms with Crippen LogP contribution < -0.4 is 4.74 Å². The van der Waals surface area contributed by atoms with Crippen molar-refractivity contribution in [2.45, 2.75) is 65.2 Å². The van der Waals surface area contributed by atoms with E-state index in [4.69, 9.17) is 4.74 Å². The van der Waals surface area contributed by atoms with Gasteiger partial charge in [0, 0.05) is 17.1 Å². The van der Waals surface area contributed by atoms with Gasteiger partial charge in [0.15, 0.2) is 0 Å². The molecule has 0 aromatic heterocycles. The molecule has 28 heavy (non-hydrogen) atoms. The van der Waals surface area contributed by atoms with Crippen molar-refractivity contribution in [3.8, 4) is 11.5 Å². The molecule has 1 heterocycles. The topological polar surface area (TPSA) is 46.5 Å². The van der Waals surface area contributed by atoms with E-state index >= 15 is 0 Å². The summed E-state index contributed by atoms with van der Waals surface area (Å²) in [7, 11) is 0. The Hall–Kier alpha value is -2.55. The van der Waals surface area contributed by atoms with Crippen LogP contribution in [0, 0.1) is 6.92 Å². The van der Waals surface area contributed by atoms with Crippen LogP contribution in [0.5, 0.6) is 11.5 Å². The minimum absolute atomic E-state index is 0.244. The Bertz CT molecular complexity index is 933. The first-order chi connectivity index (χ1) is 12.8. The van der Waals surface area contributed by atoms with Crippen molar-refractivity contribution >= 4 is 5.97 Å². The molecule has 0 unspecified atom stereocenters. The molecule has 2 aromatic rings. The zero-order chi connectivity index (χ0) is 21.0. The van der Waals surface area contributed by atoms with E-state index < -0.39 is 5.97 Å². The highest BCUT2D eigenvalue weighted by molar-refractivity contribution is 5.94. The molecular weight excluding hydrogens is 348 g/mol. The highest BCUT2D eigenvalue weighted by atomic mass is 16.5. The third-order valence-electron chi connectivity index (χ3n) is 5.37. The molecule has 0 aliphatic carbocycles. The third kappa shape index (κ3) is 3.46. The van der Waals surface area contributed by atoms with Crippen LogP contribution in [0.4, 0.5) is 0 Å². The molecule has 1 atom stereocenters. The smallest absolute Gasteiger partial charge is 0.339 e. The number of hydrogen-bond acceptors (Lipinski definition) is 3. The molecule has 0 saturated carbocycles. The van der Waals surface area contributed by atoms with Crippen molar-refractivity contribution in [3.63, 3.8) is 0 Å². The van der Waals surface area contributed by atoms with E-state index in [1.807, 2.05) is 31.2 Å². The fraction of sp³-hybridized carbons (Fsp3) is 0.400. The Labute approximate surface area is 168 Å². The predicted octanol–water partition coefficient (Wildman–Crippen LogP) is 5.90. The standard InChI is InChI=1S/C25H30O3/c1-14-9-10-20-17(11-14)21(15(2)23(27)28-20)16-12-18(24(3,4)5)22(26)19(13-16)25(6,7)8/h9-13,21,26H,2H2,1,3-8H3/t21-/m0/s1. The van der Waals surface area contributed by atoms with Gasteiger partial charge in [-0.2, -0.15) is 0 Å². The van der Waals surface area contributed by atoms with Gasteiger partial charge in [-0.3, -0.25) is 0 Å². The van der Waals surface area contributed by atoms with Crippen LogP contribution in [0.3, 0.4) is 0 Å². The van der Waals surface area contributed by atoms with Crippen molar-refractivity contribution < 1.29 is 14.6 Å². The van der Waals surface area contributed by atoms with Crippen molar-refractivity contribution in [3.05, 3.63) is 70.3 Å². The number of aromatic hydroxyl groups is 1. The molecule has 1 aliphatic rings. The maximum absolute atomic E-state index is 12.5. The maximum Gasteiger partial charge on any atom is 0.339 e. The number of phenolic OH excluding ortho intramolecular Hbond substituents is 1. The Morgan fingerprint density at radius 3 is 2.00 bits per heavy atom. The Balaban J connectivity index is 2.33. The van der Waals surface area contributed by atoms with Crippen LogP contribution in [0.15, 0.2) is 42.5 Å². The van der Waals surface area contributed by atoms with Gasteiger partial charge in [0.25, 0.3) is 0 Å². The molecule has 2 aromatic carbocycles. The zero-order valence-corrected chi connectivity index (χ0v) is 17.9. The number of phenols is 1. The molecule has 3 rings (SSSR count). The van der Waals surface area contributed by atoms with Crippen LogP contribution >= 0.6 is 0 Å². The Morgan fingerprint density at radius 2 is 1.50 bits per heavy atom. The summed E-state index contributed by atoms with van der Waals surface area (Å²) in [6.45, 7) is 18.6. The Morgan fingerprint density at radius 1 is 0.964 bits per heavy atom. The van der Waals surface area contributed by atoms with E-state index in [0.717, 1.165) is 27.8 Å². The third-order valence-corrected chi connectivity index (χ3v) is 5.37. The first-order valence-electron chi connectivity index (χ1n) is 9.70. The van der Waals surface area contributed by atoms with Gasteiger partial charge in [-0.05, 0) is 40.5 Å². The van der Waals surface area contributed by atoms with Gasteiger partial charge in [-0.1, -0.05) is 78.0 Å². The largest absolute Gasteiger partial charge is 0.507 e. The van der Waals surface area contributed by atoms with Gasteiger partial charge in [0.2, 0.25) is 0 Å². The van der Waals surface area contributed by atoms with Crippen LogP contribution in [0.2, 0.25) is 0 Å². The number of rotatable bonds is 1. The molecule has 1 aliphatic heterocycles. The van der Waals surface area contributed by atoms with Gasteiger partial charge in [-0.25, -0.2) is 4.79 Å². The fourth-order valence-electron chi connectivity index (χ4n) is 3.81. The van der Waals surface area contributed by atoms with Gasteiger partial charge in [0.05, 0.1) is 0 Å². The molecule has 3 nitrogen and oxygen atoms in total. The molecule has 3 heteroatoms. The summed E-state index contributed by atoms with van der Waals surface area (Å²) < 4.78 is 5.48. The molecule has 1 N–H and O–H groups in total. The average Bonchev–Trinajstić information content (AvgIpc) is 2.55. The number of hydrogen-bond donors (Lipinski definition) is 1. The number of carbonyl (C=O) groups excluding carboxylic acids is 1. The van der Waals surface area contributed by atoms with Gasteiger partial charge in [0.1, 0.15) is 11.5 Å². The van der Waals surface area contributed by atoms with E-state index in [1.54, 1.807) is 0 Å². The van der Waals surface area contributed by atoms with E-state index in [-0.39, 0.29) is 16.7 Å². The summed E-state index contributed by atoms with van der Waals surface area (Å²) in [6, 6.07) is 9.88. The lowest BCUT2D eigenvalue weighted by molar-refractivity contribution is -0.131. The SMILES string of the molecule is C=C1C(=O)Oc2ccc(C)cc2[C@@H]1c1cc(C(C)(C)C)c(O)c(C(C)(C)C)c1. The molecule has 0 saturated heterocycles. The normalized spacial score (nSPS) is 17.3. The Kier molecular flexibility index (Phi) is 4.69. The summed E-state index contributed by atoms with van der Waals surface area (Å²) in [4.78, 5) is 12.5. The van der Waals surface area contributed by atoms with Crippen molar-refractivity contribution in [2.24, 2.45) is 0 Å². The van der Waals surface area contributed by atoms with Gasteiger partial charge >= 0.3 is 5.97 Å². The number of benzene rings is 2. The van der Waals surface area contributed by atoms with Crippen LogP contribution in [0.25, 0.3) is 0 Å². The minimum atomic E-state index is -0.399. The lowest BCUT2D eigenvalue weighted by Gasteiger charge is -2.32. The molecular formula is C25H30O3. The van der Waals surface area contributed by atoms with E-state index in [2.05, 4.69) is 54.2 Å². The second-order valence-corrected chi connectivity index (χ2v) is 9.85. The van der Waals surface area contributed by atoms with Crippen LogP contribution in [-0.2, 0) is 15.6 Å². The quantitative estimate of drug-likeness (QED) is 0.382. The lowest BCUT2D eigenvalue weighted by atomic mass is 9.74. The van der Waals surface area contributed by atoms with Crippen LogP contribution in [0.1, 0.15) is 75.3 Å². The molecule has 0 amide bonds. The van der Waals surface area contributed by atoms with E-state index in [9.17, 15) is 9.90 Å². The first kappa shape index (κ1) is 20.2. The number of fused-ring (bicyclic) bond motifs is 1. The number of carbonyl (C=O) groups is 1. The number of ether oxygens (including phenoxy) is 1. The highest BCUT2D eigenvalue weighted by Gasteiger charge is 2.35. The molecule has 0 fully saturated rings. The number of esters is 1. The second kappa shape index (κ2) is 6.51. The highest BCUT2D eigenvalue weighted by Crippen LogP contribution is 2.46. The fourth-order valence-corrected chi connectivity index (χ4v) is 3.81. The summed E-state index contributed by atoms with van der Waals surface area (Å²) in [5, 5.41) is 11.0. The summed E-state index contributed by atoms with van der Waals surface area (Å²) in [5.74, 6) is 0.218. The van der Waals surface area contributed by atoms with Crippen molar-refractivity contribution in [1.82, 2.24) is 0 Å². The lowest BCUT2D eigenvalue weighted by Crippen LogP contribution is -2.25. The predicted molar refractivity (Wildman–Crippen MR) is 113 cm³/mol. The second-order valence-electron chi connectivity index (χ2n) is 9.85.